The number of hydrogen-bond donors (Lipinski definition) is 1. The van der Waals surface area contributed by atoms with Gasteiger partial charge in [-0.3, -0.25) is 4.79 Å². The minimum atomic E-state index is -0.295. The molecule has 4 heteroatoms. The van der Waals surface area contributed by atoms with Gasteiger partial charge >= 0.3 is 0 Å². The number of aryl methyl sites for hydroxylation is 3. The van der Waals surface area contributed by atoms with E-state index >= 15 is 0 Å². The molecule has 4 rings (SSSR count). The minimum Gasteiger partial charge on any atom is -0.490 e. The second-order valence-corrected chi connectivity index (χ2v) is 10.5. The van der Waals surface area contributed by atoms with Crippen LogP contribution in [0.15, 0.2) is 30.3 Å². The summed E-state index contributed by atoms with van der Waals surface area (Å²) in [5, 5.41) is 0. The molecule has 1 atom stereocenters. The Hall–Kier alpha value is -2.49. The SMILES string of the molecule is Cc1cc(N2CCCc3cc(OC4CC4)ccc3C2)cc(C)c1C(C(N)=O)C(C)(C)C. The molecule has 2 aliphatic rings. The molecular weight excluding hydrogens is 384 g/mol. The lowest BCUT2D eigenvalue weighted by Crippen LogP contribution is -2.33. The summed E-state index contributed by atoms with van der Waals surface area (Å²) >= 11 is 0. The van der Waals surface area contributed by atoms with Crippen molar-refractivity contribution >= 4 is 11.6 Å². The molecule has 0 bridgehead atoms. The summed E-state index contributed by atoms with van der Waals surface area (Å²) < 4.78 is 6.01. The third-order valence-electron chi connectivity index (χ3n) is 6.62. The normalized spacial score (nSPS) is 17.6. The van der Waals surface area contributed by atoms with E-state index in [4.69, 9.17) is 10.5 Å². The fraction of sp³-hybridized carbons (Fsp3) is 0.519. The predicted molar refractivity (Wildman–Crippen MR) is 127 cm³/mol. The predicted octanol–water partition coefficient (Wildman–Crippen LogP) is 5.41. The molecule has 4 nitrogen and oxygen atoms in total. The summed E-state index contributed by atoms with van der Waals surface area (Å²) in [6.45, 7) is 12.4. The number of ether oxygens (including phenoxy) is 1. The maximum atomic E-state index is 12.3. The number of hydrogen-bond acceptors (Lipinski definition) is 3. The van der Waals surface area contributed by atoms with E-state index in [2.05, 4.69) is 69.9 Å². The van der Waals surface area contributed by atoms with Crippen LogP contribution in [0.1, 0.15) is 73.8 Å². The van der Waals surface area contributed by atoms with E-state index in [9.17, 15) is 4.79 Å². The molecule has 2 aromatic carbocycles. The summed E-state index contributed by atoms with van der Waals surface area (Å²) in [5.41, 5.74) is 13.0. The van der Waals surface area contributed by atoms with Gasteiger partial charge in [0.15, 0.2) is 0 Å². The van der Waals surface area contributed by atoms with E-state index in [1.54, 1.807) is 0 Å². The molecule has 0 spiro atoms. The Balaban J connectivity index is 1.61. The second kappa shape index (κ2) is 8.22. The van der Waals surface area contributed by atoms with Gasteiger partial charge in [0.2, 0.25) is 5.91 Å². The summed E-state index contributed by atoms with van der Waals surface area (Å²) in [6.07, 6.45) is 5.00. The van der Waals surface area contributed by atoms with Crippen molar-refractivity contribution in [3.63, 3.8) is 0 Å². The maximum absolute atomic E-state index is 12.3. The van der Waals surface area contributed by atoms with Gasteiger partial charge < -0.3 is 15.4 Å². The first-order valence-corrected chi connectivity index (χ1v) is 11.6. The van der Waals surface area contributed by atoms with Crippen molar-refractivity contribution in [2.45, 2.75) is 78.9 Å². The first-order valence-electron chi connectivity index (χ1n) is 11.6. The molecule has 1 heterocycles. The molecule has 1 unspecified atom stereocenters. The lowest BCUT2D eigenvalue weighted by molar-refractivity contribution is -0.121. The number of nitrogens with two attached hydrogens (primary N) is 1. The number of primary amides is 1. The van der Waals surface area contributed by atoms with E-state index in [1.165, 1.54) is 29.7 Å². The lowest BCUT2D eigenvalue weighted by Gasteiger charge is -2.32. The monoisotopic (exact) mass is 420 g/mol. The van der Waals surface area contributed by atoms with E-state index in [0.29, 0.717) is 6.10 Å². The van der Waals surface area contributed by atoms with E-state index < -0.39 is 0 Å². The molecule has 1 aliphatic carbocycles. The molecule has 31 heavy (non-hydrogen) atoms. The van der Waals surface area contributed by atoms with Gasteiger partial charge in [0.05, 0.1) is 12.0 Å². The van der Waals surface area contributed by atoms with Crippen LogP contribution >= 0.6 is 0 Å². The van der Waals surface area contributed by atoms with E-state index in [1.807, 2.05) is 0 Å². The van der Waals surface area contributed by atoms with Crippen LogP contribution in [0.2, 0.25) is 0 Å². The number of rotatable bonds is 5. The van der Waals surface area contributed by atoms with Crippen molar-refractivity contribution in [3.8, 4) is 5.75 Å². The van der Waals surface area contributed by atoms with E-state index in [-0.39, 0.29) is 17.2 Å². The average molecular weight is 421 g/mol. The Morgan fingerprint density at radius 2 is 1.77 bits per heavy atom. The topological polar surface area (TPSA) is 55.6 Å². The van der Waals surface area contributed by atoms with Crippen molar-refractivity contribution in [1.29, 1.82) is 0 Å². The number of anilines is 1. The van der Waals surface area contributed by atoms with Crippen LogP contribution in [0.4, 0.5) is 5.69 Å². The molecule has 0 saturated heterocycles. The zero-order valence-corrected chi connectivity index (χ0v) is 19.6. The Kier molecular flexibility index (Phi) is 5.76. The fourth-order valence-corrected chi connectivity index (χ4v) is 5.00. The molecule has 2 N–H and O–H groups in total. The van der Waals surface area contributed by atoms with Gasteiger partial charge in [-0.25, -0.2) is 0 Å². The van der Waals surface area contributed by atoms with Crippen molar-refractivity contribution in [3.05, 3.63) is 58.1 Å². The van der Waals surface area contributed by atoms with Crippen LogP contribution in [0.5, 0.6) is 5.75 Å². The Morgan fingerprint density at radius 1 is 1.10 bits per heavy atom. The molecule has 1 amide bonds. The minimum absolute atomic E-state index is 0.218. The highest BCUT2D eigenvalue weighted by atomic mass is 16.5. The van der Waals surface area contributed by atoms with Crippen molar-refractivity contribution < 1.29 is 9.53 Å². The Morgan fingerprint density at radius 3 is 2.35 bits per heavy atom. The molecule has 1 aliphatic heterocycles. The molecular formula is C27H36N2O2. The number of carbonyl (C=O) groups excluding carboxylic acids is 1. The van der Waals surface area contributed by atoms with Crippen LogP contribution < -0.4 is 15.4 Å². The van der Waals surface area contributed by atoms with Gasteiger partial charge in [-0.05, 0) is 97.0 Å². The van der Waals surface area contributed by atoms with Crippen LogP contribution in [0.3, 0.4) is 0 Å². The average Bonchev–Trinajstić information content (AvgIpc) is 3.49. The quantitative estimate of drug-likeness (QED) is 0.703. The van der Waals surface area contributed by atoms with Gasteiger partial charge in [-0.2, -0.15) is 0 Å². The number of carbonyl (C=O) groups is 1. The standard InChI is InChI=1S/C27H36N2O2/c1-17-13-21(14-18(2)24(17)25(26(28)30)27(3,4)5)29-12-6-7-19-15-23(31-22-10-11-22)9-8-20(19)16-29/h8-9,13-15,22,25H,6-7,10-12,16H2,1-5H3,(H2,28,30). The highest BCUT2D eigenvalue weighted by molar-refractivity contribution is 5.84. The zero-order valence-electron chi connectivity index (χ0n) is 19.6. The van der Waals surface area contributed by atoms with Gasteiger partial charge in [0.25, 0.3) is 0 Å². The van der Waals surface area contributed by atoms with Gasteiger partial charge in [-0.1, -0.05) is 26.8 Å². The third-order valence-corrected chi connectivity index (χ3v) is 6.62. The number of fused-ring (bicyclic) bond motifs is 1. The summed E-state index contributed by atoms with van der Waals surface area (Å²) in [7, 11) is 0. The smallest absolute Gasteiger partial charge is 0.225 e. The van der Waals surface area contributed by atoms with Crippen molar-refractivity contribution in [1.82, 2.24) is 0 Å². The Labute approximate surface area is 186 Å². The molecule has 1 saturated carbocycles. The molecule has 0 aromatic heterocycles. The third kappa shape index (κ3) is 4.73. The van der Waals surface area contributed by atoms with Crippen LogP contribution in [-0.4, -0.2) is 18.6 Å². The molecule has 0 radical (unpaired) electrons. The Bertz CT molecular complexity index is 962. The van der Waals surface area contributed by atoms with Gasteiger partial charge in [0.1, 0.15) is 5.75 Å². The van der Waals surface area contributed by atoms with E-state index in [0.717, 1.165) is 48.4 Å². The largest absolute Gasteiger partial charge is 0.490 e. The van der Waals surface area contributed by atoms with Gasteiger partial charge in [-0.15, -0.1) is 0 Å². The van der Waals surface area contributed by atoms with Crippen LogP contribution in [-0.2, 0) is 17.8 Å². The maximum Gasteiger partial charge on any atom is 0.225 e. The fourth-order valence-electron chi connectivity index (χ4n) is 5.00. The van der Waals surface area contributed by atoms with Crippen molar-refractivity contribution in [2.75, 3.05) is 11.4 Å². The number of nitrogens with zero attached hydrogens (tertiary/aromatic N) is 1. The summed E-state index contributed by atoms with van der Waals surface area (Å²) in [5.74, 6) is 0.473. The summed E-state index contributed by atoms with van der Waals surface area (Å²) in [6, 6.07) is 11.1. The number of amides is 1. The summed E-state index contributed by atoms with van der Waals surface area (Å²) in [4.78, 5) is 14.8. The highest BCUT2D eigenvalue weighted by Gasteiger charge is 2.33. The lowest BCUT2D eigenvalue weighted by atomic mass is 9.73. The van der Waals surface area contributed by atoms with Crippen LogP contribution in [0.25, 0.3) is 0 Å². The molecule has 2 aromatic rings. The molecule has 166 valence electrons. The molecule has 1 fully saturated rings. The van der Waals surface area contributed by atoms with Crippen molar-refractivity contribution in [2.24, 2.45) is 11.1 Å². The van der Waals surface area contributed by atoms with Crippen LogP contribution in [0, 0.1) is 19.3 Å². The van der Waals surface area contributed by atoms with Gasteiger partial charge in [0, 0.05) is 18.8 Å². The zero-order chi connectivity index (χ0) is 22.3. The first-order chi connectivity index (χ1) is 14.6. The first kappa shape index (κ1) is 21.7. The number of benzene rings is 2. The second-order valence-electron chi connectivity index (χ2n) is 10.5. The highest BCUT2D eigenvalue weighted by Crippen LogP contribution is 2.40.